The van der Waals surface area contributed by atoms with Crippen molar-refractivity contribution in [3.05, 3.63) is 69.9 Å². The maximum absolute atomic E-state index is 14.6. The molecule has 0 saturated heterocycles. The van der Waals surface area contributed by atoms with Gasteiger partial charge in [0.1, 0.15) is 11.1 Å². The van der Waals surface area contributed by atoms with Crippen LogP contribution in [0.25, 0.3) is 16.7 Å². The number of rotatable bonds is 5. The SMILES string of the molecule is CCn1c(=O)c2cnc(Nc3ccc4c(c3)CCNC4)nc2n1-c1ccnc(C(C)(C)F)c1. The van der Waals surface area contributed by atoms with Crippen LogP contribution in [0.4, 0.5) is 16.0 Å². The summed E-state index contributed by atoms with van der Waals surface area (Å²) < 4.78 is 17.8. The van der Waals surface area contributed by atoms with Crippen LogP contribution in [0.1, 0.15) is 37.6 Å². The van der Waals surface area contributed by atoms with Gasteiger partial charge in [-0.25, -0.2) is 18.7 Å². The first-order valence-electron chi connectivity index (χ1n) is 11.1. The number of fused-ring (bicyclic) bond motifs is 2. The number of nitrogens with zero attached hydrogens (tertiary/aromatic N) is 5. The van der Waals surface area contributed by atoms with Crippen LogP contribution in [-0.2, 0) is 25.2 Å². The Hall–Kier alpha value is -3.59. The quantitative estimate of drug-likeness (QED) is 0.486. The molecule has 5 rings (SSSR count). The second kappa shape index (κ2) is 8.08. The molecule has 8 nitrogen and oxygen atoms in total. The lowest BCUT2D eigenvalue weighted by Gasteiger charge is -2.18. The maximum Gasteiger partial charge on any atom is 0.278 e. The number of anilines is 2. The third-order valence-corrected chi connectivity index (χ3v) is 5.92. The summed E-state index contributed by atoms with van der Waals surface area (Å²) in [6, 6.07) is 9.61. The van der Waals surface area contributed by atoms with E-state index in [0.29, 0.717) is 29.2 Å². The van der Waals surface area contributed by atoms with Crippen molar-refractivity contribution >= 4 is 22.7 Å². The summed E-state index contributed by atoms with van der Waals surface area (Å²) in [4.78, 5) is 26.2. The van der Waals surface area contributed by atoms with Gasteiger partial charge in [-0.2, -0.15) is 4.98 Å². The zero-order chi connectivity index (χ0) is 23.2. The van der Waals surface area contributed by atoms with Crippen LogP contribution < -0.4 is 16.2 Å². The van der Waals surface area contributed by atoms with Crippen molar-refractivity contribution in [2.45, 2.75) is 46.0 Å². The zero-order valence-corrected chi connectivity index (χ0v) is 18.9. The number of benzene rings is 1. The van der Waals surface area contributed by atoms with Crippen LogP contribution in [-0.4, -0.2) is 30.9 Å². The van der Waals surface area contributed by atoms with Gasteiger partial charge in [-0.3, -0.25) is 9.78 Å². The summed E-state index contributed by atoms with van der Waals surface area (Å²) in [6.07, 6.45) is 4.06. The fourth-order valence-corrected chi connectivity index (χ4v) is 4.20. The maximum atomic E-state index is 14.6. The van der Waals surface area contributed by atoms with Gasteiger partial charge in [0.2, 0.25) is 5.95 Å². The molecule has 0 saturated carbocycles. The highest BCUT2D eigenvalue weighted by molar-refractivity contribution is 5.77. The largest absolute Gasteiger partial charge is 0.324 e. The molecule has 2 N–H and O–H groups in total. The Kier molecular flexibility index (Phi) is 5.20. The van der Waals surface area contributed by atoms with Crippen LogP contribution in [0.3, 0.4) is 0 Å². The lowest BCUT2D eigenvalue weighted by atomic mass is 10.0. The highest BCUT2D eigenvalue weighted by atomic mass is 19.1. The molecule has 0 unspecified atom stereocenters. The summed E-state index contributed by atoms with van der Waals surface area (Å²) in [5.74, 6) is 0.387. The Balaban J connectivity index is 1.60. The molecule has 1 aromatic carbocycles. The van der Waals surface area contributed by atoms with Crippen molar-refractivity contribution in [1.29, 1.82) is 0 Å². The van der Waals surface area contributed by atoms with Gasteiger partial charge in [-0.15, -0.1) is 0 Å². The second-order valence-electron chi connectivity index (χ2n) is 8.67. The molecule has 4 heterocycles. The van der Waals surface area contributed by atoms with Crippen LogP contribution in [0.2, 0.25) is 0 Å². The molecule has 0 bridgehead atoms. The molecular weight excluding hydrogens is 421 g/mol. The molecule has 0 amide bonds. The molecule has 0 fully saturated rings. The van der Waals surface area contributed by atoms with E-state index in [4.69, 9.17) is 0 Å². The van der Waals surface area contributed by atoms with Crippen molar-refractivity contribution in [1.82, 2.24) is 29.6 Å². The van der Waals surface area contributed by atoms with Gasteiger partial charge in [-0.1, -0.05) is 6.07 Å². The van der Waals surface area contributed by atoms with Gasteiger partial charge in [0.15, 0.2) is 5.65 Å². The minimum atomic E-state index is -1.61. The first-order valence-corrected chi connectivity index (χ1v) is 11.1. The Morgan fingerprint density at radius 3 is 2.82 bits per heavy atom. The van der Waals surface area contributed by atoms with Gasteiger partial charge >= 0.3 is 0 Å². The number of aromatic nitrogens is 5. The first-order chi connectivity index (χ1) is 15.8. The van der Waals surface area contributed by atoms with Crippen LogP contribution >= 0.6 is 0 Å². The van der Waals surface area contributed by atoms with E-state index in [0.717, 1.165) is 25.2 Å². The monoisotopic (exact) mass is 447 g/mol. The van der Waals surface area contributed by atoms with E-state index >= 15 is 0 Å². The number of hydrogen-bond acceptors (Lipinski definition) is 6. The van der Waals surface area contributed by atoms with E-state index in [1.54, 1.807) is 33.9 Å². The molecule has 3 aromatic heterocycles. The molecule has 0 aliphatic carbocycles. The molecule has 0 radical (unpaired) electrons. The van der Waals surface area contributed by atoms with E-state index in [2.05, 4.69) is 37.7 Å². The first kappa shape index (κ1) is 21.3. The van der Waals surface area contributed by atoms with Crippen LogP contribution in [0, 0.1) is 0 Å². The predicted molar refractivity (Wildman–Crippen MR) is 126 cm³/mol. The zero-order valence-electron chi connectivity index (χ0n) is 18.9. The van der Waals surface area contributed by atoms with Crippen molar-refractivity contribution in [2.24, 2.45) is 0 Å². The molecule has 4 aromatic rings. The molecule has 0 spiro atoms. The van der Waals surface area contributed by atoms with Gasteiger partial charge in [-0.05, 0) is 69.1 Å². The van der Waals surface area contributed by atoms with E-state index in [9.17, 15) is 9.18 Å². The minimum absolute atomic E-state index is 0.196. The van der Waals surface area contributed by atoms with Crippen molar-refractivity contribution in [3.8, 4) is 5.69 Å². The highest BCUT2D eigenvalue weighted by Crippen LogP contribution is 2.26. The molecule has 1 aliphatic rings. The molecule has 0 atom stereocenters. The second-order valence-corrected chi connectivity index (χ2v) is 8.67. The average Bonchev–Trinajstić information content (AvgIpc) is 3.09. The van der Waals surface area contributed by atoms with Crippen molar-refractivity contribution in [2.75, 3.05) is 11.9 Å². The molecule has 33 heavy (non-hydrogen) atoms. The summed E-state index contributed by atoms with van der Waals surface area (Å²) >= 11 is 0. The van der Waals surface area contributed by atoms with Gasteiger partial charge < -0.3 is 10.6 Å². The fraction of sp³-hybridized carbons (Fsp3) is 0.333. The lowest BCUT2D eigenvalue weighted by molar-refractivity contribution is 0.214. The summed E-state index contributed by atoms with van der Waals surface area (Å²) in [5.41, 5.74) is 3.03. The van der Waals surface area contributed by atoms with E-state index in [1.165, 1.54) is 25.0 Å². The topological polar surface area (TPSA) is 89.7 Å². The highest BCUT2D eigenvalue weighted by Gasteiger charge is 2.23. The molecule has 170 valence electrons. The number of pyridine rings is 1. The predicted octanol–water partition coefficient (Wildman–Crippen LogP) is 3.59. The van der Waals surface area contributed by atoms with Gasteiger partial charge in [0.05, 0.1) is 11.4 Å². The Morgan fingerprint density at radius 1 is 1.18 bits per heavy atom. The van der Waals surface area contributed by atoms with E-state index in [1.807, 2.05) is 13.0 Å². The average molecular weight is 448 g/mol. The Morgan fingerprint density at radius 2 is 2.03 bits per heavy atom. The normalized spacial score (nSPS) is 13.8. The van der Waals surface area contributed by atoms with Crippen LogP contribution in [0.5, 0.6) is 0 Å². The fourth-order valence-electron chi connectivity index (χ4n) is 4.20. The molecular formula is C24H26FN7O. The molecule has 9 heteroatoms. The Bertz CT molecular complexity index is 1400. The Labute approximate surface area is 190 Å². The number of nitrogens with one attached hydrogen (secondary N) is 2. The number of halogens is 1. The van der Waals surface area contributed by atoms with Gasteiger partial charge in [0, 0.05) is 31.2 Å². The summed E-state index contributed by atoms with van der Waals surface area (Å²) in [7, 11) is 0. The third kappa shape index (κ3) is 3.89. The smallest absolute Gasteiger partial charge is 0.278 e. The van der Waals surface area contributed by atoms with Crippen molar-refractivity contribution in [3.63, 3.8) is 0 Å². The van der Waals surface area contributed by atoms with E-state index < -0.39 is 5.67 Å². The summed E-state index contributed by atoms with van der Waals surface area (Å²) in [6.45, 7) is 7.05. The minimum Gasteiger partial charge on any atom is -0.324 e. The van der Waals surface area contributed by atoms with E-state index in [-0.39, 0.29) is 11.3 Å². The van der Waals surface area contributed by atoms with Crippen molar-refractivity contribution < 1.29 is 4.39 Å². The van der Waals surface area contributed by atoms with Crippen LogP contribution in [0.15, 0.2) is 47.5 Å². The van der Waals surface area contributed by atoms with Gasteiger partial charge in [0.25, 0.3) is 5.56 Å². The third-order valence-electron chi connectivity index (χ3n) is 5.92. The number of alkyl halides is 1. The number of hydrogen-bond donors (Lipinski definition) is 2. The standard InChI is InChI=1S/C24H26FN7O/c1-4-31-22(33)19-14-28-23(29-17-6-5-16-13-26-9-7-15(16)11-17)30-21(19)32(31)18-8-10-27-20(12-18)24(2,3)25/h5-6,8,10-12,14,26H,4,7,9,13H2,1-3H3,(H,28,29,30). The summed E-state index contributed by atoms with van der Waals surface area (Å²) in [5, 5.41) is 7.04. The lowest BCUT2D eigenvalue weighted by Crippen LogP contribution is -2.23. The molecule has 1 aliphatic heterocycles.